The molecule has 0 saturated carbocycles. The fraction of sp³-hybridized carbons (Fsp3) is 0.222. The molecule has 5 heteroatoms. The number of ether oxygens (including phenoxy) is 1. The van der Waals surface area contributed by atoms with Crippen molar-refractivity contribution in [2.24, 2.45) is 5.92 Å². The molecular formula is C18H14F2N2O. The van der Waals surface area contributed by atoms with Gasteiger partial charge in [0.1, 0.15) is 23.5 Å². The number of nitriles is 2. The number of nitrogens with zero attached hydrogens (tertiary/aromatic N) is 2. The minimum Gasteiger partial charge on any atom is -0.497 e. The Bertz CT molecular complexity index is 828. The van der Waals surface area contributed by atoms with E-state index < -0.39 is 12.3 Å². The molecule has 0 spiro atoms. The largest absolute Gasteiger partial charge is 0.497 e. The predicted octanol–water partition coefficient (Wildman–Crippen LogP) is 4.55. The van der Waals surface area contributed by atoms with Crippen molar-refractivity contribution in [2.75, 3.05) is 7.11 Å². The van der Waals surface area contributed by atoms with E-state index in [1.165, 1.54) is 6.92 Å². The lowest BCUT2D eigenvalue weighted by molar-refractivity contribution is 0.112. The first-order valence-corrected chi connectivity index (χ1v) is 6.92. The summed E-state index contributed by atoms with van der Waals surface area (Å²) in [4.78, 5) is 0. The highest BCUT2D eigenvalue weighted by molar-refractivity contribution is 5.89. The Labute approximate surface area is 133 Å². The van der Waals surface area contributed by atoms with Crippen molar-refractivity contribution in [1.29, 1.82) is 10.5 Å². The van der Waals surface area contributed by atoms with Crippen molar-refractivity contribution < 1.29 is 13.5 Å². The third-order valence-electron chi connectivity index (χ3n) is 3.68. The van der Waals surface area contributed by atoms with Gasteiger partial charge in [-0.2, -0.15) is 10.5 Å². The maximum Gasteiger partial charge on any atom is 0.245 e. The second kappa shape index (κ2) is 6.89. The van der Waals surface area contributed by atoms with Crippen LogP contribution >= 0.6 is 0 Å². The molecule has 116 valence electrons. The van der Waals surface area contributed by atoms with Gasteiger partial charge < -0.3 is 4.74 Å². The van der Waals surface area contributed by atoms with E-state index in [-0.39, 0.29) is 11.1 Å². The van der Waals surface area contributed by atoms with Gasteiger partial charge in [0, 0.05) is 5.92 Å². The Kier molecular flexibility index (Phi) is 4.93. The monoisotopic (exact) mass is 312 g/mol. The van der Waals surface area contributed by atoms with Gasteiger partial charge in [-0.05, 0) is 40.1 Å². The molecular weight excluding hydrogens is 298 g/mol. The average Bonchev–Trinajstić information content (AvgIpc) is 2.57. The second-order valence-corrected chi connectivity index (χ2v) is 5.06. The highest BCUT2D eigenvalue weighted by Gasteiger charge is 2.24. The van der Waals surface area contributed by atoms with Gasteiger partial charge in [-0.3, -0.25) is 0 Å². The van der Waals surface area contributed by atoms with Gasteiger partial charge in [0.2, 0.25) is 6.43 Å². The molecule has 23 heavy (non-hydrogen) atoms. The first-order valence-electron chi connectivity index (χ1n) is 6.92. The molecule has 0 aliphatic rings. The van der Waals surface area contributed by atoms with Crippen molar-refractivity contribution in [1.82, 2.24) is 0 Å². The van der Waals surface area contributed by atoms with Crippen LogP contribution in [0.25, 0.3) is 16.3 Å². The highest BCUT2D eigenvalue weighted by atomic mass is 19.3. The van der Waals surface area contributed by atoms with Crippen molar-refractivity contribution in [3.05, 3.63) is 47.5 Å². The number of fused-ring (bicyclic) bond motifs is 1. The molecule has 0 aliphatic carbocycles. The quantitative estimate of drug-likeness (QED) is 0.778. The Balaban J connectivity index is 2.65. The van der Waals surface area contributed by atoms with Crippen LogP contribution in [0.2, 0.25) is 0 Å². The molecule has 1 unspecified atom stereocenters. The molecule has 2 aromatic carbocycles. The van der Waals surface area contributed by atoms with Crippen molar-refractivity contribution in [2.45, 2.75) is 13.3 Å². The topological polar surface area (TPSA) is 56.8 Å². The third kappa shape index (κ3) is 3.30. The smallest absolute Gasteiger partial charge is 0.245 e. The number of halogens is 2. The lowest BCUT2D eigenvalue weighted by Gasteiger charge is -2.16. The number of hydrogen-bond acceptors (Lipinski definition) is 3. The summed E-state index contributed by atoms with van der Waals surface area (Å²) in [5.41, 5.74) is 0.238. The van der Waals surface area contributed by atoms with Gasteiger partial charge in [0.25, 0.3) is 0 Å². The minimum atomic E-state index is -2.66. The van der Waals surface area contributed by atoms with Crippen LogP contribution in [0.3, 0.4) is 0 Å². The van der Waals surface area contributed by atoms with Crippen LogP contribution in [0.15, 0.2) is 42.0 Å². The standard InChI is InChI=1S/C18H14F2N2O/c1-11(18(19)20)17(15(9-21)10-22)14-4-3-13-8-16(23-2)6-5-12(13)7-14/h3-8,11,18H,1-2H3. The molecule has 0 amide bonds. The summed E-state index contributed by atoms with van der Waals surface area (Å²) in [7, 11) is 1.56. The molecule has 0 heterocycles. The molecule has 0 aliphatic heterocycles. The molecule has 1 atom stereocenters. The van der Waals surface area contributed by atoms with E-state index in [2.05, 4.69) is 0 Å². The summed E-state index contributed by atoms with van der Waals surface area (Å²) in [6.45, 7) is 1.31. The van der Waals surface area contributed by atoms with Crippen molar-refractivity contribution in [3.8, 4) is 17.9 Å². The molecule has 0 N–H and O–H groups in total. The Morgan fingerprint density at radius 1 is 1.04 bits per heavy atom. The van der Waals surface area contributed by atoms with Crippen LogP contribution in [-0.4, -0.2) is 13.5 Å². The number of benzene rings is 2. The molecule has 0 aromatic heterocycles. The Hall–Kier alpha value is -2.92. The summed E-state index contributed by atoms with van der Waals surface area (Å²) in [5, 5.41) is 19.9. The van der Waals surface area contributed by atoms with Crippen LogP contribution in [0.1, 0.15) is 12.5 Å². The number of hydrogen-bond donors (Lipinski definition) is 0. The number of rotatable bonds is 4. The molecule has 0 radical (unpaired) electrons. The van der Waals surface area contributed by atoms with E-state index in [0.29, 0.717) is 11.3 Å². The SMILES string of the molecule is COc1ccc2cc(C(=C(C#N)C#N)C(C)C(F)F)ccc2c1. The summed E-state index contributed by atoms with van der Waals surface area (Å²) in [6.07, 6.45) is -2.66. The van der Waals surface area contributed by atoms with Gasteiger partial charge in [0.15, 0.2) is 0 Å². The van der Waals surface area contributed by atoms with E-state index in [4.69, 9.17) is 15.3 Å². The van der Waals surface area contributed by atoms with Gasteiger partial charge in [-0.25, -0.2) is 8.78 Å². The first-order chi connectivity index (χ1) is 11.0. The molecule has 3 nitrogen and oxygen atoms in total. The van der Waals surface area contributed by atoms with Crippen LogP contribution < -0.4 is 4.74 Å². The van der Waals surface area contributed by atoms with Gasteiger partial charge in [0.05, 0.1) is 7.11 Å². The third-order valence-corrected chi connectivity index (χ3v) is 3.68. The van der Waals surface area contributed by atoms with Crippen LogP contribution in [0.4, 0.5) is 8.78 Å². The zero-order chi connectivity index (χ0) is 17.0. The zero-order valence-corrected chi connectivity index (χ0v) is 12.7. The number of allylic oxidation sites excluding steroid dienone is 2. The van der Waals surface area contributed by atoms with Gasteiger partial charge in [-0.15, -0.1) is 0 Å². The van der Waals surface area contributed by atoms with Crippen molar-refractivity contribution in [3.63, 3.8) is 0 Å². The number of alkyl halides is 2. The maximum absolute atomic E-state index is 13.1. The molecule has 2 aromatic rings. The van der Waals surface area contributed by atoms with Crippen LogP contribution in [-0.2, 0) is 0 Å². The fourth-order valence-corrected chi connectivity index (χ4v) is 2.42. The summed E-state index contributed by atoms with van der Waals surface area (Å²) >= 11 is 0. The lowest BCUT2D eigenvalue weighted by atomic mass is 9.89. The van der Waals surface area contributed by atoms with E-state index in [1.54, 1.807) is 49.6 Å². The predicted molar refractivity (Wildman–Crippen MR) is 83.8 cm³/mol. The summed E-state index contributed by atoms with van der Waals surface area (Å²) in [5.74, 6) is -0.517. The zero-order valence-electron chi connectivity index (χ0n) is 12.7. The van der Waals surface area contributed by atoms with Crippen molar-refractivity contribution >= 4 is 16.3 Å². The number of methoxy groups -OCH3 is 1. The lowest BCUT2D eigenvalue weighted by Crippen LogP contribution is -2.11. The van der Waals surface area contributed by atoms with Crippen LogP contribution in [0, 0.1) is 28.6 Å². The van der Waals surface area contributed by atoms with Gasteiger partial charge in [-0.1, -0.05) is 25.1 Å². The van der Waals surface area contributed by atoms with E-state index in [9.17, 15) is 8.78 Å². The van der Waals surface area contributed by atoms with Gasteiger partial charge >= 0.3 is 0 Å². The Morgan fingerprint density at radius 3 is 2.22 bits per heavy atom. The maximum atomic E-state index is 13.1. The second-order valence-electron chi connectivity index (χ2n) is 5.06. The first kappa shape index (κ1) is 16.5. The van der Waals surface area contributed by atoms with E-state index in [1.807, 2.05) is 6.07 Å². The fourth-order valence-electron chi connectivity index (χ4n) is 2.42. The molecule has 0 bridgehead atoms. The van der Waals surface area contributed by atoms with E-state index in [0.717, 1.165) is 10.8 Å². The summed E-state index contributed by atoms with van der Waals surface area (Å²) < 4.78 is 31.4. The minimum absolute atomic E-state index is 0.0720. The normalized spacial score (nSPS) is 11.6. The average molecular weight is 312 g/mol. The summed E-state index contributed by atoms with van der Waals surface area (Å²) in [6, 6.07) is 13.9. The highest BCUT2D eigenvalue weighted by Crippen LogP contribution is 2.33. The van der Waals surface area contributed by atoms with Crippen LogP contribution in [0.5, 0.6) is 5.75 Å². The molecule has 2 rings (SSSR count). The molecule has 0 saturated heterocycles. The van der Waals surface area contributed by atoms with E-state index >= 15 is 0 Å². The molecule has 0 fully saturated rings. The Morgan fingerprint density at radius 2 is 1.65 bits per heavy atom.